The van der Waals surface area contributed by atoms with E-state index >= 15 is 0 Å². The molecule has 0 spiro atoms. The van der Waals surface area contributed by atoms with Crippen LogP contribution in [-0.4, -0.2) is 32.0 Å². The molecule has 0 radical (unpaired) electrons. The van der Waals surface area contributed by atoms with E-state index in [9.17, 15) is 14.4 Å². The van der Waals surface area contributed by atoms with Crippen molar-refractivity contribution >= 4 is 11.8 Å². The average molecular weight is 270 g/mol. The van der Waals surface area contributed by atoms with E-state index in [0.29, 0.717) is 0 Å². The number of aryl methyl sites for hydroxylation is 1. The fourth-order valence-electron chi connectivity index (χ4n) is 1.62. The van der Waals surface area contributed by atoms with E-state index in [4.69, 9.17) is 5.11 Å². The number of anilines is 1. The van der Waals surface area contributed by atoms with Crippen molar-refractivity contribution in [2.45, 2.75) is 13.8 Å². The second-order valence-corrected chi connectivity index (χ2v) is 4.69. The minimum atomic E-state index is -0.941. The van der Waals surface area contributed by atoms with Crippen LogP contribution in [0.5, 0.6) is 0 Å². The maximum Gasteiger partial charge on any atom is 0.346 e. The second kappa shape index (κ2) is 5.68. The summed E-state index contributed by atoms with van der Waals surface area (Å²) in [5.41, 5.74) is -1.11. The summed E-state index contributed by atoms with van der Waals surface area (Å²) in [6.45, 7) is 3.65. The molecule has 0 saturated heterocycles. The summed E-state index contributed by atoms with van der Waals surface area (Å²) in [6.07, 6.45) is 0. The number of hydrogen-bond donors (Lipinski definition) is 2. The topological polar surface area (TPSA) is 106 Å². The predicted octanol–water partition coefficient (Wildman–Crippen LogP) is -0.752. The fourth-order valence-corrected chi connectivity index (χ4v) is 1.62. The predicted molar refractivity (Wildman–Crippen MR) is 69.2 cm³/mol. The molecule has 0 saturated carbocycles. The summed E-state index contributed by atoms with van der Waals surface area (Å²) < 4.78 is 1.94. The number of aromatic nitrogens is 3. The van der Waals surface area contributed by atoms with Crippen molar-refractivity contribution < 1.29 is 9.90 Å². The second-order valence-electron chi connectivity index (χ2n) is 4.69. The van der Waals surface area contributed by atoms with Gasteiger partial charge in [-0.15, -0.1) is 5.10 Å². The Kier molecular flexibility index (Phi) is 4.47. The van der Waals surface area contributed by atoms with Crippen LogP contribution < -0.4 is 16.6 Å². The number of rotatable bonds is 5. The van der Waals surface area contributed by atoms with Crippen LogP contribution in [0.3, 0.4) is 0 Å². The molecule has 1 rings (SSSR count). The van der Waals surface area contributed by atoms with Gasteiger partial charge in [-0.2, -0.15) is 0 Å². The Balaban J connectivity index is 2.99. The Morgan fingerprint density at radius 1 is 1.37 bits per heavy atom. The summed E-state index contributed by atoms with van der Waals surface area (Å²) in [5.74, 6) is -1.69. The number of nitrogens with zero attached hydrogens (tertiary/aromatic N) is 3. The third kappa shape index (κ3) is 3.21. The van der Waals surface area contributed by atoms with Gasteiger partial charge < -0.3 is 10.4 Å². The van der Waals surface area contributed by atoms with Gasteiger partial charge in [-0.1, -0.05) is 13.8 Å². The summed E-state index contributed by atoms with van der Waals surface area (Å²) in [4.78, 5) is 34.2. The van der Waals surface area contributed by atoms with Crippen LogP contribution in [0.1, 0.15) is 13.8 Å². The molecule has 1 heterocycles. The standard InChI is InChI=1S/C11H18N4O4/c1-6(2)7(10(17)18)5-12-8-9(16)14(3)11(19)15(4)13-8/h6-7H,5H2,1-4H3,(H,12,13)(H,17,18). The van der Waals surface area contributed by atoms with Crippen molar-refractivity contribution in [1.82, 2.24) is 14.3 Å². The molecule has 0 aliphatic carbocycles. The first kappa shape index (κ1) is 14.9. The van der Waals surface area contributed by atoms with Gasteiger partial charge in [0.05, 0.1) is 5.92 Å². The van der Waals surface area contributed by atoms with Gasteiger partial charge in [0.1, 0.15) is 0 Å². The van der Waals surface area contributed by atoms with Gasteiger partial charge in [-0.05, 0) is 5.92 Å². The van der Waals surface area contributed by atoms with Crippen molar-refractivity contribution in [3.05, 3.63) is 20.8 Å². The number of nitrogens with one attached hydrogen (secondary N) is 1. The molecule has 8 nitrogen and oxygen atoms in total. The highest BCUT2D eigenvalue weighted by Gasteiger charge is 2.22. The van der Waals surface area contributed by atoms with Crippen LogP contribution >= 0.6 is 0 Å². The molecule has 1 aromatic rings. The largest absolute Gasteiger partial charge is 0.481 e. The third-order valence-corrected chi connectivity index (χ3v) is 2.93. The van der Waals surface area contributed by atoms with Crippen molar-refractivity contribution in [3.8, 4) is 0 Å². The van der Waals surface area contributed by atoms with Crippen molar-refractivity contribution in [2.75, 3.05) is 11.9 Å². The van der Waals surface area contributed by atoms with E-state index in [1.54, 1.807) is 13.8 Å². The molecule has 1 unspecified atom stereocenters. The zero-order chi connectivity index (χ0) is 14.7. The Morgan fingerprint density at radius 3 is 2.42 bits per heavy atom. The smallest absolute Gasteiger partial charge is 0.346 e. The molecule has 0 aliphatic rings. The molecule has 0 aliphatic heterocycles. The van der Waals surface area contributed by atoms with Gasteiger partial charge in [0.2, 0.25) is 5.82 Å². The van der Waals surface area contributed by atoms with Gasteiger partial charge in [0.25, 0.3) is 5.56 Å². The molecule has 106 valence electrons. The van der Waals surface area contributed by atoms with Crippen molar-refractivity contribution in [3.63, 3.8) is 0 Å². The molecule has 0 fully saturated rings. The summed E-state index contributed by atoms with van der Waals surface area (Å²) in [5, 5.41) is 15.5. The summed E-state index contributed by atoms with van der Waals surface area (Å²) in [6, 6.07) is 0. The monoisotopic (exact) mass is 270 g/mol. The van der Waals surface area contributed by atoms with E-state index in [1.807, 2.05) is 0 Å². The molecular formula is C11H18N4O4. The van der Waals surface area contributed by atoms with Crippen LogP contribution in [-0.2, 0) is 18.9 Å². The first-order valence-electron chi connectivity index (χ1n) is 5.86. The lowest BCUT2D eigenvalue weighted by Gasteiger charge is -2.17. The zero-order valence-electron chi connectivity index (χ0n) is 11.4. The molecular weight excluding hydrogens is 252 g/mol. The van der Waals surface area contributed by atoms with Crippen LogP contribution in [0.4, 0.5) is 5.82 Å². The van der Waals surface area contributed by atoms with E-state index in [2.05, 4.69) is 10.4 Å². The van der Waals surface area contributed by atoms with Gasteiger partial charge in [-0.25, -0.2) is 9.48 Å². The van der Waals surface area contributed by atoms with Gasteiger partial charge >= 0.3 is 11.7 Å². The third-order valence-electron chi connectivity index (χ3n) is 2.93. The van der Waals surface area contributed by atoms with E-state index in [-0.39, 0.29) is 18.3 Å². The normalized spacial score (nSPS) is 12.5. The highest BCUT2D eigenvalue weighted by atomic mass is 16.4. The van der Waals surface area contributed by atoms with Crippen LogP contribution in [0.15, 0.2) is 9.59 Å². The first-order valence-corrected chi connectivity index (χ1v) is 5.86. The SMILES string of the molecule is CC(C)C(CNc1nn(C)c(=O)n(C)c1=O)C(=O)O. The minimum absolute atomic E-state index is 0.0310. The first-order chi connectivity index (χ1) is 8.75. The molecule has 0 aromatic carbocycles. The lowest BCUT2D eigenvalue weighted by Crippen LogP contribution is -2.41. The number of carbonyl (C=O) groups is 1. The number of aliphatic carboxylic acids is 1. The molecule has 19 heavy (non-hydrogen) atoms. The van der Waals surface area contributed by atoms with E-state index in [1.165, 1.54) is 14.1 Å². The average Bonchev–Trinajstić information content (AvgIpc) is 2.32. The Morgan fingerprint density at radius 2 is 1.95 bits per heavy atom. The Labute approximate surface area is 109 Å². The lowest BCUT2D eigenvalue weighted by atomic mass is 9.96. The number of carboxylic acid groups (broad SMARTS) is 1. The van der Waals surface area contributed by atoms with Gasteiger partial charge in [0.15, 0.2) is 0 Å². The maximum atomic E-state index is 11.8. The zero-order valence-corrected chi connectivity index (χ0v) is 11.4. The highest BCUT2D eigenvalue weighted by molar-refractivity contribution is 5.71. The Hall–Kier alpha value is -2.12. The maximum absolute atomic E-state index is 11.8. The van der Waals surface area contributed by atoms with Crippen LogP contribution in [0, 0.1) is 11.8 Å². The fraction of sp³-hybridized carbons (Fsp3) is 0.636. The van der Waals surface area contributed by atoms with Crippen LogP contribution in [0.2, 0.25) is 0 Å². The van der Waals surface area contributed by atoms with E-state index in [0.717, 1.165) is 9.25 Å². The van der Waals surface area contributed by atoms with Crippen molar-refractivity contribution in [2.24, 2.45) is 25.9 Å². The molecule has 0 amide bonds. The summed E-state index contributed by atoms with van der Waals surface area (Å²) in [7, 11) is 2.76. The van der Waals surface area contributed by atoms with Gasteiger partial charge in [0, 0.05) is 20.6 Å². The van der Waals surface area contributed by atoms with E-state index < -0.39 is 23.1 Å². The highest BCUT2D eigenvalue weighted by Crippen LogP contribution is 2.11. The lowest BCUT2D eigenvalue weighted by molar-refractivity contribution is -0.142. The molecule has 2 N–H and O–H groups in total. The van der Waals surface area contributed by atoms with Gasteiger partial charge in [-0.3, -0.25) is 14.2 Å². The summed E-state index contributed by atoms with van der Waals surface area (Å²) >= 11 is 0. The van der Waals surface area contributed by atoms with Crippen LogP contribution in [0.25, 0.3) is 0 Å². The van der Waals surface area contributed by atoms with Crippen molar-refractivity contribution in [1.29, 1.82) is 0 Å². The number of carboxylic acids is 1. The minimum Gasteiger partial charge on any atom is -0.481 e. The quantitative estimate of drug-likeness (QED) is 0.729. The molecule has 1 aromatic heterocycles. The molecule has 8 heteroatoms. The Bertz CT molecular complexity index is 587. The molecule has 0 bridgehead atoms. The number of hydrogen-bond acceptors (Lipinski definition) is 5. The molecule has 1 atom stereocenters.